The van der Waals surface area contributed by atoms with Crippen LogP contribution in [-0.4, -0.2) is 17.6 Å². The van der Waals surface area contributed by atoms with Crippen molar-refractivity contribution in [2.24, 2.45) is 0 Å². The van der Waals surface area contributed by atoms with E-state index in [0.29, 0.717) is 0 Å². The van der Waals surface area contributed by atoms with E-state index in [4.69, 9.17) is 0 Å². The molecule has 0 aromatic heterocycles. The number of carboxylic acids is 1. The molecule has 0 aliphatic rings. The summed E-state index contributed by atoms with van der Waals surface area (Å²) in [4.78, 5) is 14.1. The van der Waals surface area contributed by atoms with Crippen molar-refractivity contribution in [1.29, 1.82) is 0 Å². The number of nitrogens with zero attached hydrogens (tertiary/aromatic N) is 1. The van der Waals surface area contributed by atoms with Crippen molar-refractivity contribution in [3.05, 3.63) is 138 Å². The standard InChI is InChI=1S/C27H23NO2/c29-26(30)21-28(25-19-11-4-12-20-25)27(22-13-5-1-6-14-22,23-15-7-2-8-16-23)24-17-9-3-10-18-24/h1-20H,21H2,(H,29,30). The molecule has 4 rings (SSSR count). The first-order valence-electron chi connectivity index (χ1n) is 9.94. The molecule has 0 amide bonds. The minimum atomic E-state index is -0.883. The van der Waals surface area contributed by atoms with Crippen molar-refractivity contribution >= 4 is 11.7 Å². The molecule has 148 valence electrons. The van der Waals surface area contributed by atoms with E-state index in [1.807, 2.05) is 89.8 Å². The second kappa shape index (κ2) is 8.66. The Kier molecular flexibility index (Phi) is 5.62. The predicted molar refractivity (Wildman–Crippen MR) is 121 cm³/mol. The van der Waals surface area contributed by atoms with Crippen LogP contribution in [0.1, 0.15) is 16.7 Å². The molecule has 3 heteroatoms. The summed E-state index contributed by atoms with van der Waals surface area (Å²) in [5, 5.41) is 9.91. The molecule has 0 aliphatic carbocycles. The number of aliphatic carboxylic acids is 1. The summed E-state index contributed by atoms with van der Waals surface area (Å²) in [5.74, 6) is -0.883. The molecule has 0 saturated heterocycles. The van der Waals surface area contributed by atoms with Crippen LogP contribution >= 0.6 is 0 Å². The van der Waals surface area contributed by atoms with Gasteiger partial charge in [-0.1, -0.05) is 109 Å². The molecule has 0 atom stereocenters. The summed E-state index contributed by atoms with van der Waals surface area (Å²) in [5.41, 5.74) is 3.05. The Morgan fingerprint density at radius 1 is 0.600 bits per heavy atom. The van der Waals surface area contributed by atoms with Gasteiger partial charge in [0.15, 0.2) is 0 Å². The van der Waals surface area contributed by atoms with E-state index in [1.165, 1.54) is 0 Å². The monoisotopic (exact) mass is 393 g/mol. The van der Waals surface area contributed by atoms with E-state index >= 15 is 0 Å². The summed E-state index contributed by atoms with van der Waals surface area (Å²) < 4.78 is 0. The fraction of sp³-hybridized carbons (Fsp3) is 0.0741. The van der Waals surface area contributed by atoms with Crippen LogP contribution in [0.4, 0.5) is 5.69 Å². The van der Waals surface area contributed by atoms with Gasteiger partial charge < -0.3 is 10.0 Å². The van der Waals surface area contributed by atoms with Gasteiger partial charge in [-0.2, -0.15) is 0 Å². The van der Waals surface area contributed by atoms with Crippen molar-refractivity contribution in [2.45, 2.75) is 5.54 Å². The van der Waals surface area contributed by atoms with Crippen molar-refractivity contribution in [3.8, 4) is 0 Å². The van der Waals surface area contributed by atoms with E-state index in [-0.39, 0.29) is 6.54 Å². The van der Waals surface area contributed by atoms with E-state index in [2.05, 4.69) is 36.4 Å². The number of carbonyl (C=O) groups is 1. The summed E-state index contributed by atoms with van der Waals surface area (Å²) in [6.45, 7) is -0.150. The average Bonchev–Trinajstić information content (AvgIpc) is 2.81. The predicted octanol–water partition coefficient (Wildman–Crippen LogP) is 5.57. The highest BCUT2D eigenvalue weighted by molar-refractivity contribution is 5.77. The Hall–Kier alpha value is -3.85. The number of para-hydroxylation sites is 1. The lowest BCUT2D eigenvalue weighted by molar-refractivity contribution is -0.135. The summed E-state index contributed by atoms with van der Waals surface area (Å²) >= 11 is 0. The van der Waals surface area contributed by atoms with Gasteiger partial charge in [0.1, 0.15) is 12.1 Å². The zero-order chi connectivity index (χ0) is 20.8. The molecule has 30 heavy (non-hydrogen) atoms. The quantitative estimate of drug-likeness (QED) is 0.417. The van der Waals surface area contributed by atoms with Crippen LogP contribution in [0.2, 0.25) is 0 Å². The first-order valence-corrected chi connectivity index (χ1v) is 9.94. The van der Waals surface area contributed by atoms with Gasteiger partial charge in [-0.25, -0.2) is 0 Å². The zero-order valence-electron chi connectivity index (χ0n) is 16.6. The van der Waals surface area contributed by atoms with Crippen LogP contribution < -0.4 is 4.90 Å². The normalized spacial score (nSPS) is 11.1. The van der Waals surface area contributed by atoms with E-state index < -0.39 is 11.5 Å². The maximum absolute atomic E-state index is 12.1. The van der Waals surface area contributed by atoms with Gasteiger partial charge >= 0.3 is 5.97 Å². The molecule has 0 radical (unpaired) electrons. The first kappa shape index (κ1) is 19.5. The minimum Gasteiger partial charge on any atom is -0.480 e. The number of hydrogen-bond donors (Lipinski definition) is 1. The average molecular weight is 393 g/mol. The minimum absolute atomic E-state index is 0.150. The number of hydrogen-bond acceptors (Lipinski definition) is 2. The van der Waals surface area contributed by atoms with Crippen molar-refractivity contribution in [1.82, 2.24) is 0 Å². The Morgan fingerprint density at radius 3 is 1.27 bits per heavy atom. The van der Waals surface area contributed by atoms with Gasteiger partial charge in [-0.3, -0.25) is 4.79 Å². The van der Waals surface area contributed by atoms with Crippen LogP contribution in [-0.2, 0) is 10.3 Å². The Morgan fingerprint density at radius 2 is 0.933 bits per heavy atom. The van der Waals surface area contributed by atoms with Gasteiger partial charge in [0.05, 0.1) is 0 Å². The van der Waals surface area contributed by atoms with Gasteiger partial charge in [0.2, 0.25) is 0 Å². The molecular weight excluding hydrogens is 370 g/mol. The zero-order valence-corrected chi connectivity index (χ0v) is 16.6. The smallest absolute Gasteiger partial charge is 0.323 e. The number of carboxylic acid groups (broad SMARTS) is 1. The van der Waals surface area contributed by atoms with Gasteiger partial charge in [0, 0.05) is 5.69 Å². The van der Waals surface area contributed by atoms with Crippen molar-refractivity contribution in [2.75, 3.05) is 11.4 Å². The lowest BCUT2D eigenvalue weighted by Gasteiger charge is -2.46. The second-order valence-electron chi connectivity index (χ2n) is 7.12. The Labute approximate surface area is 176 Å². The lowest BCUT2D eigenvalue weighted by Crippen LogP contribution is -2.50. The van der Waals surface area contributed by atoms with Crippen LogP contribution in [0.5, 0.6) is 0 Å². The molecule has 0 aliphatic heterocycles. The Bertz CT molecular complexity index is 984. The molecule has 0 fully saturated rings. The lowest BCUT2D eigenvalue weighted by atomic mass is 9.75. The van der Waals surface area contributed by atoms with Crippen LogP contribution in [0.15, 0.2) is 121 Å². The SMILES string of the molecule is O=C(O)CN(c1ccccc1)C(c1ccccc1)(c1ccccc1)c1ccccc1. The van der Waals surface area contributed by atoms with Crippen molar-refractivity contribution in [3.63, 3.8) is 0 Å². The fourth-order valence-electron chi connectivity index (χ4n) is 4.15. The summed E-state index contributed by atoms with van der Waals surface area (Å²) in [7, 11) is 0. The molecule has 4 aromatic rings. The molecule has 1 N–H and O–H groups in total. The molecular formula is C27H23NO2. The highest BCUT2D eigenvalue weighted by Gasteiger charge is 2.43. The van der Waals surface area contributed by atoms with Gasteiger partial charge in [-0.05, 0) is 28.8 Å². The molecule has 4 aromatic carbocycles. The third kappa shape index (κ3) is 3.58. The van der Waals surface area contributed by atoms with Crippen LogP contribution in [0, 0.1) is 0 Å². The maximum atomic E-state index is 12.1. The largest absolute Gasteiger partial charge is 0.480 e. The van der Waals surface area contributed by atoms with Crippen LogP contribution in [0.25, 0.3) is 0 Å². The van der Waals surface area contributed by atoms with Gasteiger partial charge in [0.25, 0.3) is 0 Å². The molecule has 0 heterocycles. The topological polar surface area (TPSA) is 40.5 Å². The first-order chi connectivity index (χ1) is 14.7. The molecule has 0 unspecified atom stereocenters. The van der Waals surface area contributed by atoms with E-state index in [1.54, 1.807) is 0 Å². The highest BCUT2D eigenvalue weighted by atomic mass is 16.4. The highest BCUT2D eigenvalue weighted by Crippen LogP contribution is 2.44. The molecule has 0 saturated carbocycles. The maximum Gasteiger partial charge on any atom is 0.323 e. The van der Waals surface area contributed by atoms with Crippen LogP contribution in [0.3, 0.4) is 0 Å². The fourth-order valence-corrected chi connectivity index (χ4v) is 4.15. The summed E-state index contributed by atoms with van der Waals surface area (Å²) in [6.07, 6.45) is 0. The molecule has 0 spiro atoms. The van der Waals surface area contributed by atoms with E-state index in [0.717, 1.165) is 22.4 Å². The number of rotatable bonds is 7. The Balaban J connectivity index is 2.12. The third-order valence-electron chi connectivity index (χ3n) is 5.34. The summed E-state index contributed by atoms with van der Waals surface area (Å²) in [6, 6.07) is 40.1. The van der Waals surface area contributed by atoms with Crippen molar-refractivity contribution < 1.29 is 9.90 Å². The number of anilines is 1. The van der Waals surface area contributed by atoms with Gasteiger partial charge in [-0.15, -0.1) is 0 Å². The number of benzene rings is 4. The molecule has 0 bridgehead atoms. The van der Waals surface area contributed by atoms with E-state index in [9.17, 15) is 9.90 Å². The second-order valence-corrected chi connectivity index (χ2v) is 7.12. The third-order valence-corrected chi connectivity index (χ3v) is 5.34. The molecule has 3 nitrogen and oxygen atoms in total.